The third-order valence-corrected chi connectivity index (χ3v) is 3.84. The maximum Gasteiger partial charge on any atom is 0.185 e. The number of para-hydroxylation sites is 1. The SMILES string of the molecule is N#CC(C#N)Sc1nc2ccccc2s1. The summed E-state index contributed by atoms with van der Waals surface area (Å²) < 4.78 is 1.85. The molecule has 0 saturated heterocycles. The molecule has 0 N–H and O–H groups in total. The average Bonchev–Trinajstić information content (AvgIpc) is 2.68. The lowest BCUT2D eigenvalue weighted by Crippen LogP contribution is -1.91. The van der Waals surface area contributed by atoms with Crippen LogP contribution in [-0.4, -0.2) is 10.2 Å². The minimum atomic E-state index is -0.675. The van der Waals surface area contributed by atoms with Gasteiger partial charge in [-0.15, -0.1) is 11.3 Å². The highest BCUT2D eigenvalue weighted by atomic mass is 32.2. The number of hydrogen-bond acceptors (Lipinski definition) is 5. The van der Waals surface area contributed by atoms with Crippen molar-refractivity contribution in [2.45, 2.75) is 9.59 Å². The molecular weight excluding hydrogens is 226 g/mol. The number of thioether (sulfide) groups is 1. The second kappa shape index (κ2) is 4.31. The first kappa shape index (κ1) is 9.97. The molecule has 15 heavy (non-hydrogen) atoms. The van der Waals surface area contributed by atoms with E-state index in [1.165, 1.54) is 23.1 Å². The van der Waals surface area contributed by atoms with Gasteiger partial charge in [0, 0.05) is 0 Å². The van der Waals surface area contributed by atoms with Crippen molar-refractivity contribution in [3.05, 3.63) is 24.3 Å². The minimum absolute atomic E-state index is 0.675. The largest absolute Gasteiger partial charge is 0.230 e. The van der Waals surface area contributed by atoms with Crippen molar-refractivity contribution >= 4 is 33.3 Å². The van der Waals surface area contributed by atoms with Gasteiger partial charge in [0.1, 0.15) is 0 Å². The number of fused-ring (bicyclic) bond motifs is 1. The molecule has 0 spiro atoms. The Bertz CT molecular complexity index is 515. The van der Waals surface area contributed by atoms with Crippen LogP contribution in [0.15, 0.2) is 28.6 Å². The first-order chi connectivity index (χ1) is 7.33. The second-order valence-electron chi connectivity index (χ2n) is 2.70. The molecule has 1 heterocycles. The molecule has 0 aliphatic rings. The van der Waals surface area contributed by atoms with E-state index >= 15 is 0 Å². The number of hydrogen-bond donors (Lipinski definition) is 0. The molecule has 5 heteroatoms. The first-order valence-electron chi connectivity index (χ1n) is 4.15. The van der Waals surface area contributed by atoms with E-state index in [-0.39, 0.29) is 0 Å². The fraction of sp³-hybridized carbons (Fsp3) is 0.100. The molecule has 0 aliphatic heterocycles. The van der Waals surface area contributed by atoms with Crippen molar-refractivity contribution in [3.63, 3.8) is 0 Å². The molecule has 0 fully saturated rings. The fourth-order valence-electron chi connectivity index (χ4n) is 1.08. The fourth-order valence-corrected chi connectivity index (χ4v) is 2.99. The molecule has 1 aromatic carbocycles. The smallest absolute Gasteiger partial charge is 0.185 e. The maximum absolute atomic E-state index is 8.65. The lowest BCUT2D eigenvalue weighted by atomic mass is 10.3. The van der Waals surface area contributed by atoms with Gasteiger partial charge < -0.3 is 0 Å². The van der Waals surface area contributed by atoms with Crippen molar-refractivity contribution in [1.82, 2.24) is 4.98 Å². The van der Waals surface area contributed by atoms with E-state index in [9.17, 15) is 0 Å². The van der Waals surface area contributed by atoms with Gasteiger partial charge in [-0.1, -0.05) is 23.9 Å². The average molecular weight is 231 g/mol. The van der Waals surface area contributed by atoms with Crippen LogP contribution in [0.2, 0.25) is 0 Å². The van der Waals surface area contributed by atoms with Gasteiger partial charge in [-0.2, -0.15) is 10.5 Å². The molecule has 0 amide bonds. The molecule has 3 nitrogen and oxygen atoms in total. The zero-order chi connectivity index (χ0) is 10.7. The monoisotopic (exact) mass is 231 g/mol. The van der Waals surface area contributed by atoms with Crippen LogP contribution in [0, 0.1) is 22.7 Å². The van der Waals surface area contributed by atoms with Gasteiger partial charge >= 0.3 is 0 Å². The standard InChI is InChI=1S/C10H5N3S2/c11-5-7(6-12)14-10-13-8-3-1-2-4-9(8)15-10/h1-4,7H. The zero-order valence-electron chi connectivity index (χ0n) is 7.54. The Morgan fingerprint density at radius 1 is 1.27 bits per heavy atom. The molecule has 1 aromatic heterocycles. The summed E-state index contributed by atoms with van der Waals surface area (Å²) in [6.45, 7) is 0. The van der Waals surface area contributed by atoms with E-state index in [0.717, 1.165) is 14.6 Å². The lowest BCUT2D eigenvalue weighted by Gasteiger charge is -1.92. The number of aromatic nitrogens is 1. The highest BCUT2D eigenvalue weighted by Crippen LogP contribution is 2.31. The normalized spacial score (nSPS) is 10.1. The van der Waals surface area contributed by atoms with Crippen LogP contribution in [0.5, 0.6) is 0 Å². The zero-order valence-corrected chi connectivity index (χ0v) is 9.18. The van der Waals surface area contributed by atoms with Gasteiger partial charge in [0.15, 0.2) is 9.59 Å². The van der Waals surface area contributed by atoms with Crippen LogP contribution in [0.1, 0.15) is 0 Å². The Balaban J connectivity index is 2.31. The first-order valence-corrected chi connectivity index (χ1v) is 5.84. The summed E-state index contributed by atoms with van der Waals surface area (Å²) in [7, 11) is 0. The predicted octanol–water partition coefficient (Wildman–Crippen LogP) is 2.80. The van der Waals surface area contributed by atoms with Gasteiger partial charge in [0.05, 0.1) is 22.4 Å². The molecule has 0 saturated carbocycles. The number of nitrogens with zero attached hydrogens (tertiary/aromatic N) is 3. The summed E-state index contributed by atoms with van der Waals surface area (Å²) in [5, 5.41) is 16.6. The van der Waals surface area contributed by atoms with Crippen LogP contribution >= 0.6 is 23.1 Å². The highest BCUT2D eigenvalue weighted by Gasteiger charge is 2.11. The molecule has 0 unspecified atom stereocenters. The van der Waals surface area contributed by atoms with Gasteiger partial charge in [-0.25, -0.2) is 4.98 Å². The molecule has 2 aromatic rings. The van der Waals surface area contributed by atoms with Gasteiger partial charge in [-0.3, -0.25) is 0 Å². The number of rotatable bonds is 2. The van der Waals surface area contributed by atoms with Crippen molar-refractivity contribution in [2.24, 2.45) is 0 Å². The van der Waals surface area contributed by atoms with Crippen molar-refractivity contribution in [1.29, 1.82) is 10.5 Å². The molecule has 0 aliphatic carbocycles. The van der Waals surface area contributed by atoms with E-state index < -0.39 is 5.25 Å². The van der Waals surface area contributed by atoms with Crippen molar-refractivity contribution < 1.29 is 0 Å². The Morgan fingerprint density at radius 2 is 2.00 bits per heavy atom. The Morgan fingerprint density at radius 3 is 2.67 bits per heavy atom. The molecular formula is C10H5N3S2. The number of thiazole rings is 1. The third kappa shape index (κ3) is 2.10. The molecule has 0 atom stereocenters. The van der Waals surface area contributed by atoms with Gasteiger partial charge in [-0.05, 0) is 12.1 Å². The molecule has 2 rings (SSSR count). The second-order valence-corrected chi connectivity index (χ2v) is 5.09. The summed E-state index contributed by atoms with van der Waals surface area (Å²) >= 11 is 2.71. The van der Waals surface area contributed by atoms with Crippen LogP contribution in [0.4, 0.5) is 0 Å². The topological polar surface area (TPSA) is 60.5 Å². The highest BCUT2D eigenvalue weighted by molar-refractivity contribution is 8.02. The summed E-state index contributed by atoms with van der Waals surface area (Å²) in [4.78, 5) is 4.33. The lowest BCUT2D eigenvalue weighted by molar-refractivity contribution is 1.28. The van der Waals surface area contributed by atoms with E-state index in [1.54, 1.807) is 0 Å². The van der Waals surface area contributed by atoms with Gasteiger partial charge in [0.25, 0.3) is 0 Å². The summed E-state index contributed by atoms with van der Waals surface area (Å²) in [5.41, 5.74) is 0.916. The van der Waals surface area contributed by atoms with Crippen LogP contribution in [-0.2, 0) is 0 Å². The van der Waals surface area contributed by atoms with Crippen LogP contribution in [0.3, 0.4) is 0 Å². The Labute approximate surface area is 95.0 Å². The van der Waals surface area contributed by atoms with Crippen molar-refractivity contribution in [2.75, 3.05) is 0 Å². The van der Waals surface area contributed by atoms with E-state index in [4.69, 9.17) is 10.5 Å². The van der Waals surface area contributed by atoms with Crippen LogP contribution in [0.25, 0.3) is 10.2 Å². The molecule has 0 bridgehead atoms. The third-order valence-electron chi connectivity index (χ3n) is 1.73. The number of benzene rings is 1. The Hall–Kier alpha value is -1.56. The van der Waals surface area contributed by atoms with Gasteiger partial charge in [0.2, 0.25) is 0 Å². The predicted molar refractivity (Wildman–Crippen MR) is 60.5 cm³/mol. The molecule has 72 valence electrons. The quantitative estimate of drug-likeness (QED) is 0.746. The maximum atomic E-state index is 8.65. The summed E-state index contributed by atoms with van der Waals surface area (Å²) in [6.07, 6.45) is 0. The van der Waals surface area contributed by atoms with Crippen LogP contribution < -0.4 is 0 Å². The Kier molecular flexibility index (Phi) is 2.86. The van der Waals surface area contributed by atoms with Crippen molar-refractivity contribution in [3.8, 4) is 12.1 Å². The molecule has 0 radical (unpaired) electrons. The van der Waals surface area contributed by atoms with E-state index in [1.807, 2.05) is 36.4 Å². The van der Waals surface area contributed by atoms with E-state index in [2.05, 4.69) is 4.98 Å². The number of nitriles is 2. The summed E-state index contributed by atoms with van der Waals surface area (Å²) in [6, 6.07) is 11.6. The summed E-state index contributed by atoms with van der Waals surface area (Å²) in [5.74, 6) is 0. The van der Waals surface area contributed by atoms with E-state index in [0.29, 0.717) is 0 Å². The minimum Gasteiger partial charge on any atom is -0.230 e.